The van der Waals surface area contributed by atoms with Gasteiger partial charge in [-0.3, -0.25) is 14.5 Å². The highest BCUT2D eigenvalue weighted by molar-refractivity contribution is 7.09. The molecule has 1 aromatic carbocycles. The van der Waals surface area contributed by atoms with E-state index in [4.69, 9.17) is 0 Å². The maximum Gasteiger partial charge on any atom is 0.248 e. The molecule has 0 saturated carbocycles. The zero-order chi connectivity index (χ0) is 19.8. The van der Waals surface area contributed by atoms with E-state index < -0.39 is 12.1 Å². The molecule has 2 saturated heterocycles. The normalized spacial score (nSPS) is 23.2. The average molecular weight is 404 g/mol. The number of amides is 2. The van der Waals surface area contributed by atoms with Gasteiger partial charge in [-0.1, -0.05) is 0 Å². The Bertz CT molecular complexity index is 888. The molecule has 1 N–H and O–H groups in total. The van der Waals surface area contributed by atoms with E-state index in [2.05, 4.69) is 9.88 Å². The van der Waals surface area contributed by atoms with Crippen LogP contribution in [0.2, 0.25) is 0 Å². The van der Waals surface area contributed by atoms with Crippen molar-refractivity contribution in [1.82, 2.24) is 19.7 Å². The number of hydrogen-bond acceptors (Lipinski definition) is 6. The molecule has 0 spiro atoms. The van der Waals surface area contributed by atoms with Crippen LogP contribution < -0.4 is 0 Å². The number of fused-ring (bicyclic) bond motifs is 1. The topological polar surface area (TPSA) is 77.0 Å². The first-order valence-electron chi connectivity index (χ1n) is 9.08. The summed E-state index contributed by atoms with van der Waals surface area (Å²) in [6.45, 7) is 1.77. The van der Waals surface area contributed by atoms with Crippen molar-refractivity contribution in [3.8, 4) is 11.3 Å². The molecule has 2 fully saturated rings. The fraction of sp³-hybridized carbons (Fsp3) is 0.421. The van der Waals surface area contributed by atoms with E-state index in [1.54, 1.807) is 24.1 Å². The molecule has 0 bridgehead atoms. The molecule has 148 valence electrons. The highest BCUT2D eigenvalue weighted by Gasteiger charge is 2.46. The highest BCUT2D eigenvalue weighted by atomic mass is 32.1. The van der Waals surface area contributed by atoms with Gasteiger partial charge in [-0.05, 0) is 24.3 Å². The number of halogens is 1. The molecule has 4 rings (SSSR count). The van der Waals surface area contributed by atoms with Crippen LogP contribution in [-0.4, -0.2) is 82.0 Å². The number of thiazole rings is 1. The van der Waals surface area contributed by atoms with Gasteiger partial charge in [0.2, 0.25) is 11.8 Å². The van der Waals surface area contributed by atoms with Crippen LogP contribution in [0, 0.1) is 5.82 Å². The zero-order valence-electron chi connectivity index (χ0n) is 15.4. The molecule has 0 aliphatic carbocycles. The Kier molecular flexibility index (Phi) is 5.13. The van der Waals surface area contributed by atoms with Gasteiger partial charge < -0.3 is 14.9 Å². The average Bonchev–Trinajstić information content (AvgIpc) is 3.15. The fourth-order valence-corrected chi connectivity index (χ4v) is 4.58. The summed E-state index contributed by atoms with van der Waals surface area (Å²) in [5.41, 5.74) is 1.66. The molecule has 3 heterocycles. The van der Waals surface area contributed by atoms with Gasteiger partial charge >= 0.3 is 0 Å². The van der Waals surface area contributed by atoms with Crippen LogP contribution in [-0.2, 0) is 16.1 Å². The van der Waals surface area contributed by atoms with E-state index >= 15 is 0 Å². The van der Waals surface area contributed by atoms with Crippen molar-refractivity contribution in [2.24, 2.45) is 0 Å². The Morgan fingerprint density at radius 3 is 2.68 bits per heavy atom. The number of hydrogen-bond donors (Lipinski definition) is 1. The Hall–Kier alpha value is -2.36. The predicted molar refractivity (Wildman–Crippen MR) is 102 cm³/mol. The Balaban J connectivity index is 1.44. The smallest absolute Gasteiger partial charge is 0.248 e. The summed E-state index contributed by atoms with van der Waals surface area (Å²) in [4.78, 5) is 34.8. The molecule has 7 nitrogen and oxygen atoms in total. The maximum absolute atomic E-state index is 13.1. The monoisotopic (exact) mass is 404 g/mol. The van der Waals surface area contributed by atoms with Crippen molar-refractivity contribution in [3.63, 3.8) is 0 Å². The summed E-state index contributed by atoms with van der Waals surface area (Å²) in [6, 6.07) is 4.92. The lowest BCUT2D eigenvalue weighted by molar-refractivity contribution is -0.165. The van der Waals surface area contributed by atoms with Crippen molar-refractivity contribution in [3.05, 3.63) is 40.5 Å². The first-order valence-corrected chi connectivity index (χ1v) is 9.96. The van der Waals surface area contributed by atoms with Crippen LogP contribution in [0.4, 0.5) is 4.39 Å². The molecule has 2 amide bonds. The van der Waals surface area contributed by atoms with E-state index in [9.17, 15) is 19.1 Å². The van der Waals surface area contributed by atoms with Gasteiger partial charge in [0.15, 0.2) is 0 Å². The van der Waals surface area contributed by atoms with E-state index in [1.807, 2.05) is 5.38 Å². The predicted octanol–water partition coefficient (Wildman–Crippen LogP) is 0.795. The minimum Gasteiger partial charge on any atom is -0.394 e. The summed E-state index contributed by atoms with van der Waals surface area (Å²) in [5, 5.41) is 12.3. The maximum atomic E-state index is 13.1. The number of nitrogens with zero attached hydrogens (tertiary/aromatic N) is 4. The van der Waals surface area contributed by atoms with Gasteiger partial charge in [0.1, 0.15) is 22.9 Å². The standard InChI is InChI=1S/C19H21FN4O3S/c1-22-16(10-25)19(27)24-7-6-23(8-15(24)18(22)26)9-17-21-14(11-28-17)12-2-4-13(20)5-3-12/h2-5,11,15-16,25H,6-10H2,1H3/t15-,16+/m1/s1. The van der Waals surface area contributed by atoms with Gasteiger partial charge in [0.25, 0.3) is 0 Å². The van der Waals surface area contributed by atoms with Gasteiger partial charge in [-0.25, -0.2) is 9.37 Å². The van der Waals surface area contributed by atoms with Crippen molar-refractivity contribution < 1.29 is 19.1 Å². The van der Waals surface area contributed by atoms with E-state index in [-0.39, 0.29) is 24.2 Å². The Labute approximate surface area is 166 Å². The number of carbonyl (C=O) groups is 2. The molecule has 2 atom stereocenters. The molecule has 2 aliphatic rings. The number of likely N-dealkylation sites (N-methyl/N-ethyl adjacent to an activating group) is 1. The van der Waals surface area contributed by atoms with Crippen LogP contribution in [0.1, 0.15) is 5.01 Å². The molecule has 0 radical (unpaired) electrons. The first kappa shape index (κ1) is 19.0. The number of rotatable bonds is 4. The lowest BCUT2D eigenvalue weighted by Gasteiger charge is -2.47. The number of aromatic nitrogens is 1. The third-order valence-corrected chi connectivity index (χ3v) is 6.19. The van der Waals surface area contributed by atoms with E-state index in [0.29, 0.717) is 26.2 Å². The van der Waals surface area contributed by atoms with Gasteiger partial charge in [-0.2, -0.15) is 0 Å². The quantitative estimate of drug-likeness (QED) is 0.816. The van der Waals surface area contributed by atoms with Crippen LogP contribution in [0.15, 0.2) is 29.6 Å². The number of benzene rings is 1. The van der Waals surface area contributed by atoms with Crippen LogP contribution in [0.3, 0.4) is 0 Å². The lowest BCUT2D eigenvalue weighted by atomic mass is 10.0. The molecule has 28 heavy (non-hydrogen) atoms. The van der Waals surface area contributed by atoms with E-state index in [1.165, 1.54) is 28.4 Å². The summed E-state index contributed by atoms with van der Waals surface area (Å²) in [5.74, 6) is -0.617. The minimum atomic E-state index is -0.785. The van der Waals surface area contributed by atoms with Crippen LogP contribution in [0.25, 0.3) is 11.3 Å². The molecule has 9 heteroatoms. The van der Waals surface area contributed by atoms with Crippen LogP contribution >= 0.6 is 11.3 Å². The van der Waals surface area contributed by atoms with Crippen molar-refractivity contribution in [1.29, 1.82) is 0 Å². The van der Waals surface area contributed by atoms with Crippen molar-refractivity contribution in [2.45, 2.75) is 18.6 Å². The summed E-state index contributed by atoms with van der Waals surface area (Å²) in [7, 11) is 1.56. The number of aliphatic hydroxyl groups excluding tert-OH is 1. The Morgan fingerprint density at radius 2 is 1.96 bits per heavy atom. The molecule has 2 aliphatic heterocycles. The summed E-state index contributed by atoms with van der Waals surface area (Å²) >= 11 is 1.52. The van der Waals surface area contributed by atoms with Crippen LogP contribution in [0.5, 0.6) is 0 Å². The molecule has 1 aromatic heterocycles. The molecule has 2 aromatic rings. The SMILES string of the molecule is CN1C(=O)[C@H]2CN(Cc3nc(-c4ccc(F)cc4)cs3)CCN2C(=O)[C@@H]1CO. The zero-order valence-corrected chi connectivity index (χ0v) is 16.2. The summed E-state index contributed by atoms with van der Waals surface area (Å²) in [6.07, 6.45) is 0. The lowest BCUT2D eigenvalue weighted by Crippen LogP contribution is -2.69. The second-order valence-corrected chi connectivity index (χ2v) is 8.01. The molecular weight excluding hydrogens is 383 g/mol. The fourth-order valence-electron chi connectivity index (χ4n) is 3.73. The third-order valence-electron chi connectivity index (χ3n) is 5.36. The second kappa shape index (κ2) is 7.57. The van der Waals surface area contributed by atoms with Gasteiger partial charge in [0.05, 0.1) is 18.8 Å². The number of aliphatic hydroxyl groups is 1. The molecular formula is C19H21FN4O3S. The van der Waals surface area contributed by atoms with Gasteiger partial charge in [0, 0.05) is 37.6 Å². The number of carbonyl (C=O) groups excluding carboxylic acids is 2. The largest absolute Gasteiger partial charge is 0.394 e. The minimum absolute atomic E-state index is 0.144. The first-order chi connectivity index (χ1) is 13.5. The Morgan fingerprint density at radius 1 is 1.21 bits per heavy atom. The summed E-state index contributed by atoms with van der Waals surface area (Å²) < 4.78 is 13.1. The van der Waals surface area contributed by atoms with E-state index in [0.717, 1.165) is 16.3 Å². The van der Waals surface area contributed by atoms with Gasteiger partial charge in [-0.15, -0.1) is 11.3 Å². The number of piperazine rings is 2. The van der Waals surface area contributed by atoms with Crippen molar-refractivity contribution in [2.75, 3.05) is 33.3 Å². The molecule has 0 unspecified atom stereocenters. The highest BCUT2D eigenvalue weighted by Crippen LogP contribution is 2.25. The second-order valence-electron chi connectivity index (χ2n) is 7.06. The van der Waals surface area contributed by atoms with Crippen molar-refractivity contribution >= 4 is 23.2 Å². The third kappa shape index (κ3) is 3.41.